The summed E-state index contributed by atoms with van der Waals surface area (Å²) in [7, 11) is 0. The molecule has 0 bridgehead atoms. The number of aliphatic hydroxyl groups excluding tert-OH is 1. The van der Waals surface area contributed by atoms with Crippen LogP contribution >= 0.6 is 0 Å². The number of fused-ring (bicyclic) bond motifs is 1. The van der Waals surface area contributed by atoms with Crippen molar-refractivity contribution in [2.75, 3.05) is 0 Å². The third-order valence-corrected chi connectivity index (χ3v) is 1.62. The van der Waals surface area contributed by atoms with Gasteiger partial charge >= 0.3 is 0 Å². The van der Waals surface area contributed by atoms with E-state index >= 15 is 0 Å². The van der Waals surface area contributed by atoms with E-state index in [4.69, 9.17) is 5.11 Å². The summed E-state index contributed by atoms with van der Waals surface area (Å²) in [5.41, 5.74) is 1.63. The highest BCUT2D eigenvalue weighted by Crippen LogP contribution is 2.11. The van der Waals surface area contributed by atoms with Crippen LogP contribution in [0.4, 0.5) is 0 Å². The van der Waals surface area contributed by atoms with Gasteiger partial charge in [-0.05, 0) is 18.2 Å². The monoisotopic (exact) mass is 148 g/mol. The molecule has 2 aromatic rings. The predicted molar refractivity (Wildman–Crippen MR) is 42.0 cm³/mol. The number of nitrogens with zero attached hydrogens (tertiary/aromatic N) is 1. The Kier molecular flexibility index (Phi) is 1.36. The number of aromatic nitrogens is 2. The Labute approximate surface area is 63.7 Å². The first-order valence-corrected chi connectivity index (χ1v) is 3.43. The van der Waals surface area contributed by atoms with Crippen molar-refractivity contribution in [2.45, 2.75) is 6.61 Å². The van der Waals surface area contributed by atoms with Gasteiger partial charge in [0.2, 0.25) is 0 Å². The second-order valence-corrected chi connectivity index (χ2v) is 2.39. The number of hydrogen-bond acceptors (Lipinski definition) is 2. The van der Waals surface area contributed by atoms with Gasteiger partial charge in [0.1, 0.15) is 5.65 Å². The van der Waals surface area contributed by atoms with Crippen LogP contribution in [-0.4, -0.2) is 15.1 Å². The lowest BCUT2D eigenvalue weighted by Crippen LogP contribution is -1.80. The molecule has 0 aliphatic heterocycles. The Balaban J connectivity index is 2.69. The lowest BCUT2D eigenvalue weighted by atomic mass is 10.3. The van der Waals surface area contributed by atoms with E-state index in [1.165, 1.54) is 0 Å². The SMILES string of the molecule is OCc1cc2cccnc2[nH]1. The number of aromatic amines is 1. The van der Waals surface area contributed by atoms with Gasteiger partial charge in [-0.15, -0.1) is 0 Å². The number of aliphatic hydroxyl groups is 1. The molecule has 3 heteroatoms. The summed E-state index contributed by atoms with van der Waals surface area (Å²) in [6, 6.07) is 5.72. The highest BCUT2D eigenvalue weighted by atomic mass is 16.3. The zero-order valence-electron chi connectivity index (χ0n) is 5.91. The maximum Gasteiger partial charge on any atom is 0.137 e. The van der Waals surface area contributed by atoms with Crippen molar-refractivity contribution in [3.8, 4) is 0 Å². The Morgan fingerprint density at radius 1 is 1.55 bits per heavy atom. The molecule has 0 fully saturated rings. The maximum absolute atomic E-state index is 8.78. The zero-order valence-corrected chi connectivity index (χ0v) is 5.91. The molecule has 56 valence electrons. The molecule has 0 aliphatic rings. The number of pyridine rings is 1. The number of hydrogen-bond donors (Lipinski definition) is 2. The first kappa shape index (κ1) is 6.37. The molecule has 11 heavy (non-hydrogen) atoms. The fourth-order valence-electron chi connectivity index (χ4n) is 1.10. The molecule has 0 aliphatic carbocycles. The molecule has 0 unspecified atom stereocenters. The third-order valence-electron chi connectivity index (χ3n) is 1.62. The molecule has 0 aromatic carbocycles. The summed E-state index contributed by atoms with van der Waals surface area (Å²) in [5, 5.41) is 9.82. The standard InChI is InChI=1S/C8H8N2O/c11-5-7-4-6-2-1-3-9-8(6)10-7/h1-4,11H,5H2,(H,9,10). The van der Waals surface area contributed by atoms with E-state index in [1.54, 1.807) is 6.20 Å². The summed E-state index contributed by atoms with van der Waals surface area (Å²) < 4.78 is 0. The molecule has 2 aromatic heterocycles. The summed E-state index contributed by atoms with van der Waals surface area (Å²) in [4.78, 5) is 7.07. The first-order chi connectivity index (χ1) is 5.40. The topological polar surface area (TPSA) is 48.9 Å². The van der Waals surface area contributed by atoms with E-state index in [1.807, 2.05) is 18.2 Å². The minimum absolute atomic E-state index is 0.0381. The van der Waals surface area contributed by atoms with E-state index in [9.17, 15) is 0 Å². The van der Waals surface area contributed by atoms with Gasteiger partial charge in [0.25, 0.3) is 0 Å². The summed E-state index contributed by atoms with van der Waals surface area (Å²) in [6.45, 7) is 0.0381. The normalized spacial score (nSPS) is 10.6. The van der Waals surface area contributed by atoms with Crippen molar-refractivity contribution < 1.29 is 5.11 Å². The van der Waals surface area contributed by atoms with Gasteiger partial charge in [0.15, 0.2) is 0 Å². The Morgan fingerprint density at radius 3 is 3.18 bits per heavy atom. The average Bonchev–Trinajstić information content (AvgIpc) is 2.46. The lowest BCUT2D eigenvalue weighted by Gasteiger charge is -1.84. The molecule has 0 spiro atoms. The second kappa shape index (κ2) is 2.36. The maximum atomic E-state index is 8.78. The summed E-state index contributed by atoms with van der Waals surface area (Å²) >= 11 is 0. The van der Waals surface area contributed by atoms with E-state index in [2.05, 4.69) is 9.97 Å². The summed E-state index contributed by atoms with van der Waals surface area (Å²) in [6.07, 6.45) is 1.72. The van der Waals surface area contributed by atoms with Crippen molar-refractivity contribution in [3.63, 3.8) is 0 Å². The quantitative estimate of drug-likeness (QED) is 0.635. The molecule has 0 atom stereocenters. The average molecular weight is 148 g/mol. The zero-order chi connectivity index (χ0) is 7.68. The molecular weight excluding hydrogens is 140 g/mol. The first-order valence-electron chi connectivity index (χ1n) is 3.43. The molecule has 2 rings (SSSR count). The smallest absolute Gasteiger partial charge is 0.137 e. The van der Waals surface area contributed by atoms with Crippen LogP contribution in [0, 0.1) is 0 Å². The van der Waals surface area contributed by atoms with Crippen LogP contribution in [0.5, 0.6) is 0 Å². The van der Waals surface area contributed by atoms with E-state index < -0.39 is 0 Å². The predicted octanol–water partition coefficient (Wildman–Crippen LogP) is 1.06. The Hall–Kier alpha value is -1.35. The minimum atomic E-state index is 0.0381. The third kappa shape index (κ3) is 0.991. The molecule has 2 heterocycles. The molecular formula is C8H8N2O. The van der Waals surface area contributed by atoms with Crippen molar-refractivity contribution >= 4 is 11.0 Å². The van der Waals surface area contributed by atoms with Crippen LogP contribution in [0.2, 0.25) is 0 Å². The summed E-state index contributed by atoms with van der Waals surface area (Å²) in [5.74, 6) is 0. The van der Waals surface area contributed by atoms with Crippen molar-refractivity contribution in [1.82, 2.24) is 9.97 Å². The van der Waals surface area contributed by atoms with E-state index in [0.29, 0.717) is 0 Å². The minimum Gasteiger partial charge on any atom is -0.390 e. The fourth-order valence-corrected chi connectivity index (χ4v) is 1.10. The van der Waals surface area contributed by atoms with Gasteiger partial charge in [0, 0.05) is 17.3 Å². The van der Waals surface area contributed by atoms with Crippen LogP contribution in [0.3, 0.4) is 0 Å². The molecule has 2 N–H and O–H groups in total. The van der Waals surface area contributed by atoms with Crippen molar-refractivity contribution in [1.29, 1.82) is 0 Å². The van der Waals surface area contributed by atoms with Gasteiger partial charge < -0.3 is 10.1 Å². The number of H-pyrrole nitrogens is 1. The van der Waals surface area contributed by atoms with Crippen LogP contribution in [0.15, 0.2) is 24.4 Å². The van der Waals surface area contributed by atoms with Crippen molar-refractivity contribution in [2.24, 2.45) is 0 Å². The van der Waals surface area contributed by atoms with Crippen LogP contribution < -0.4 is 0 Å². The van der Waals surface area contributed by atoms with Crippen LogP contribution in [0.25, 0.3) is 11.0 Å². The highest BCUT2D eigenvalue weighted by molar-refractivity contribution is 5.75. The number of nitrogens with one attached hydrogen (secondary N) is 1. The highest BCUT2D eigenvalue weighted by Gasteiger charge is 1.97. The van der Waals surface area contributed by atoms with Gasteiger partial charge in [-0.25, -0.2) is 4.98 Å². The van der Waals surface area contributed by atoms with Gasteiger partial charge in [-0.3, -0.25) is 0 Å². The second-order valence-electron chi connectivity index (χ2n) is 2.39. The van der Waals surface area contributed by atoms with Crippen LogP contribution in [-0.2, 0) is 6.61 Å². The van der Waals surface area contributed by atoms with E-state index in [0.717, 1.165) is 16.7 Å². The number of rotatable bonds is 1. The Morgan fingerprint density at radius 2 is 2.45 bits per heavy atom. The van der Waals surface area contributed by atoms with Crippen molar-refractivity contribution in [3.05, 3.63) is 30.1 Å². The fraction of sp³-hybridized carbons (Fsp3) is 0.125. The van der Waals surface area contributed by atoms with Crippen LogP contribution in [0.1, 0.15) is 5.69 Å². The largest absolute Gasteiger partial charge is 0.390 e. The molecule has 0 radical (unpaired) electrons. The van der Waals surface area contributed by atoms with Gasteiger partial charge in [-0.1, -0.05) is 0 Å². The molecule has 0 amide bonds. The van der Waals surface area contributed by atoms with E-state index in [-0.39, 0.29) is 6.61 Å². The molecule has 0 saturated carbocycles. The van der Waals surface area contributed by atoms with Gasteiger partial charge in [0.05, 0.1) is 6.61 Å². The molecule has 0 saturated heterocycles. The molecule has 3 nitrogen and oxygen atoms in total. The van der Waals surface area contributed by atoms with Gasteiger partial charge in [-0.2, -0.15) is 0 Å². The Bertz CT molecular complexity index is 334. The lowest BCUT2D eigenvalue weighted by molar-refractivity contribution is 0.278.